The van der Waals surface area contributed by atoms with Gasteiger partial charge in [0.1, 0.15) is 6.04 Å². The molecule has 1 heterocycles. The zero-order valence-electron chi connectivity index (χ0n) is 9.00. The van der Waals surface area contributed by atoms with E-state index in [2.05, 4.69) is 4.74 Å². The summed E-state index contributed by atoms with van der Waals surface area (Å²) in [6.07, 6.45) is 0.711. The summed E-state index contributed by atoms with van der Waals surface area (Å²) in [5, 5.41) is 10.5. The maximum atomic E-state index is 11.4. The molecule has 0 aliphatic carbocycles. The zero-order chi connectivity index (χ0) is 13.2. The van der Waals surface area contributed by atoms with Crippen LogP contribution in [0, 0.1) is 10.1 Å². The van der Waals surface area contributed by atoms with Crippen molar-refractivity contribution in [2.45, 2.75) is 13.0 Å². The highest BCUT2D eigenvalue weighted by Crippen LogP contribution is 2.07. The lowest BCUT2D eigenvalue weighted by Gasteiger charge is -2.11. The third-order valence-corrected chi connectivity index (χ3v) is 2.11. The standard InChI is InChI=1S/C8H9N3O6/c1-4(7(13)17-2)10-3-5(11(15)16)6(12)9-8(10)14/h3-4H,1-2H3,(H,9,12,14)/t4-/m0/s1. The summed E-state index contributed by atoms with van der Waals surface area (Å²) in [5.74, 6) is -0.756. The number of esters is 1. The Bertz CT molecular complexity index is 571. The fourth-order valence-corrected chi connectivity index (χ4v) is 1.18. The Hall–Kier alpha value is -2.45. The van der Waals surface area contributed by atoms with Gasteiger partial charge < -0.3 is 4.74 Å². The fourth-order valence-electron chi connectivity index (χ4n) is 1.18. The van der Waals surface area contributed by atoms with Crippen molar-refractivity contribution in [1.82, 2.24) is 9.55 Å². The van der Waals surface area contributed by atoms with Gasteiger partial charge in [-0.3, -0.25) is 24.5 Å². The van der Waals surface area contributed by atoms with Crippen LogP contribution < -0.4 is 11.2 Å². The topological polar surface area (TPSA) is 124 Å². The van der Waals surface area contributed by atoms with Gasteiger partial charge in [-0.2, -0.15) is 0 Å². The van der Waals surface area contributed by atoms with Crippen LogP contribution >= 0.6 is 0 Å². The van der Waals surface area contributed by atoms with Crippen molar-refractivity contribution in [1.29, 1.82) is 0 Å². The largest absolute Gasteiger partial charge is 0.467 e. The Morgan fingerprint density at radius 3 is 2.65 bits per heavy atom. The highest BCUT2D eigenvalue weighted by Gasteiger charge is 2.21. The van der Waals surface area contributed by atoms with Crippen LogP contribution in [-0.4, -0.2) is 27.6 Å². The Balaban J connectivity index is 3.40. The second-order valence-electron chi connectivity index (χ2n) is 3.14. The van der Waals surface area contributed by atoms with E-state index in [4.69, 9.17) is 0 Å². The van der Waals surface area contributed by atoms with Crippen LogP contribution in [-0.2, 0) is 9.53 Å². The van der Waals surface area contributed by atoms with Crippen molar-refractivity contribution >= 4 is 11.7 Å². The highest BCUT2D eigenvalue weighted by molar-refractivity contribution is 5.73. The van der Waals surface area contributed by atoms with E-state index in [9.17, 15) is 24.5 Å². The molecule has 0 saturated carbocycles. The van der Waals surface area contributed by atoms with Crippen molar-refractivity contribution in [2.75, 3.05) is 7.11 Å². The lowest BCUT2D eigenvalue weighted by Crippen LogP contribution is -2.35. The Morgan fingerprint density at radius 1 is 1.59 bits per heavy atom. The van der Waals surface area contributed by atoms with Crippen LogP contribution in [0.3, 0.4) is 0 Å². The summed E-state index contributed by atoms with van der Waals surface area (Å²) in [7, 11) is 1.12. The monoisotopic (exact) mass is 243 g/mol. The molecular weight excluding hydrogens is 234 g/mol. The number of aromatic nitrogens is 2. The molecule has 92 valence electrons. The van der Waals surface area contributed by atoms with Crippen LogP contribution in [0.2, 0.25) is 0 Å². The maximum absolute atomic E-state index is 11.4. The molecule has 0 unspecified atom stereocenters. The molecule has 9 nitrogen and oxygen atoms in total. The molecule has 9 heteroatoms. The van der Waals surface area contributed by atoms with Crippen molar-refractivity contribution in [3.8, 4) is 0 Å². The van der Waals surface area contributed by atoms with Crippen molar-refractivity contribution in [3.05, 3.63) is 37.1 Å². The molecule has 0 saturated heterocycles. The number of carbonyl (C=O) groups excluding carboxylic acids is 1. The number of methoxy groups -OCH3 is 1. The van der Waals surface area contributed by atoms with Gasteiger partial charge in [0.2, 0.25) is 0 Å². The SMILES string of the molecule is COC(=O)[C@H](C)n1cc([N+](=O)[O-])c(=O)[nH]c1=O. The van der Waals surface area contributed by atoms with Crippen LogP contribution in [0.1, 0.15) is 13.0 Å². The molecule has 0 fully saturated rings. The number of carbonyl (C=O) groups is 1. The Morgan fingerprint density at radius 2 is 2.18 bits per heavy atom. The lowest BCUT2D eigenvalue weighted by atomic mass is 10.3. The maximum Gasteiger partial charge on any atom is 0.350 e. The molecule has 0 spiro atoms. The van der Waals surface area contributed by atoms with E-state index >= 15 is 0 Å². The number of rotatable bonds is 3. The smallest absolute Gasteiger partial charge is 0.350 e. The molecule has 0 bridgehead atoms. The van der Waals surface area contributed by atoms with Gasteiger partial charge in [0, 0.05) is 0 Å². The summed E-state index contributed by atoms with van der Waals surface area (Å²) >= 11 is 0. The number of nitrogens with one attached hydrogen (secondary N) is 1. The Kier molecular flexibility index (Phi) is 3.41. The minimum absolute atomic E-state index is 0.711. The molecule has 1 rings (SSSR count). The van der Waals surface area contributed by atoms with E-state index in [1.165, 1.54) is 6.92 Å². The lowest BCUT2D eigenvalue weighted by molar-refractivity contribution is -0.386. The van der Waals surface area contributed by atoms with E-state index in [0.717, 1.165) is 11.7 Å². The first kappa shape index (κ1) is 12.6. The third kappa shape index (κ3) is 2.38. The summed E-state index contributed by atoms with van der Waals surface area (Å²) in [4.78, 5) is 44.9. The summed E-state index contributed by atoms with van der Waals surface area (Å²) in [5.41, 5.74) is -2.85. The van der Waals surface area contributed by atoms with E-state index in [1.807, 2.05) is 0 Å². The van der Waals surface area contributed by atoms with E-state index in [-0.39, 0.29) is 0 Å². The van der Waals surface area contributed by atoms with Crippen LogP contribution in [0.4, 0.5) is 5.69 Å². The van der Waals surface area contributed by atoms with Gasteiger partial charge in [-0.25, -0.2) is 9.59 Å². The average Bonchev–Trinajstić information content (AvgIpc) is 2.26. The zero-order valence-corrected chi connectivity index (χ0v) is 9.00. The number of aromatic amines is 1. The molecule has 1 N–H and O–H groups in total. The number of hydrogen-bond donors (Lipinski definition) is 1. The van der Waals surface area contributed by atoms with Gasteiger partial charge in [-0.05, 0) is 6.92 Å². The van der Waals surface area contributed by atoms with Gasteiger partial charge in [0.15, 0.2) is 0 Å². The van der Waals surface area contributed by atoms with Crippen LogP contribution in [0.5, 0.6) is 0 Å². The van der Waals surface area contributed by atoms with Crippen molar-refractivity contribution < 1.29 is 14.5 Å². The van der Waals surface area contributed by atoms with Crippen molar-refractivity contribution in [2.24, 2.45) is 0 Å². The summed E-state index contributed by atoms with van der Waals surface area (Å²) in [6, 6.07) is -1.07. The van der Waals surface area contributed by atoms with Gasteiger partial charge in [-0.1, -0.05) is 0 Å². The molecule has 0 radical (unpaired) electrons. The third-order valence-electron chi connectivity index (χ3n) is 2.11. The average molecular weight is 243 g/mol. The van der Waals surface area contributed by atoms with Gasteiger partial charge >= 0.3 is 22.9 Å². The molecule has 0 aromatic carbocycles. The van der Waals surface area contributed by atoms with E-state index < -0.39 is 33.9 Å². The molecule has 1 aromatic rings. The fraction of sp³-hybridized carbons (Fsp3) is 0.375. The molecule has 0 aliphatic rings. The molecule has 0 amide bonds. The summed E-state index contributed by atoms with van der Waals surface area (Å²) < 4.78 is 5.12. The number of nitro groups is 1. The second-order valence-corrected chi connectivity index (χ2v) is 3.14. The Labute approximate surface area is 93.8 Å². The first-order valence-corrected chi connectivity index (χ1v) is 4.46. The van der Waals surface area contributed by atoms with E-state index in [1.54, 1.807) is 4.98 Å². The predicted molar refractivity (Wildman–Crippen MR) is 54.7 cm³/mol. The van der Waals surface area contributed by atoms with Crippen molar-refractivity contribution in [3.63, 3.8) is 0 Å². The number of hydrogen-bond acceptors (Lipinski definition) is 6. The van der Waals surface area contributed by atoms with Gasteiger partial charge in [0.05, 0.1) is 18.2 Å². The highest BCUT2D eigenvalue weighted by atomic mass is 16.6. The van der Waals surface area contributed by atoms with Gasteiger partial charge in [-0.15, -0.1) is 0 Å². The van der Waals surface area contributed by atoms with E-state index in [0.29, 0.717) is 6.20 Å². The minimum atomic E-state index is -1.12. The molecule has 0 aliphatic heterocycles. The summed E-state index contributed by atoms with van der Waals surface area (Å²) in [6.45, 7) is 1.31. The molecule has 1 atom stereocenters. The predicted octanol–water partition coefficient (Wildman–Crippen LogP) is -0.821. The number of nitrogens with zero attached hydrogens (tertiary/aromatic N) is 2. The first-order valence-electron chi connectivity index (χ1n) is 4.46. The number of ether oxygens (including phenoxy) is 1. The van der Waals surface area contributed by atoms with Gasteiger partial charge in [0.25, 0.3) is 0 Å². The number of H-pyrrole nitrogens is 1. The minimum Gasteiger partial charge on any atom is -0.467 e. The van der Waals surface area contributed by atoms with Crippen LogP contribution in [0.15, 0.2) is 15.8 Å². The molecule has 17 heavy (non-hydrogen) atoms. The molecular formula is C8H9N3O6. The first-order chi connectivity index (χ1) is 7.88. The quantitative estimate of drug-likeness (QED) is 0.420. The molecule has 1 aromatic heterocycles. The van der Waals surface area contributed by atoms with Crippen LogP contribution in [0.25, 0.3) is 0 Å². The normalized spacial score (nSPS) is 11.9. The second kappa shape index (κ2) is 4.60.